The lowest BCUT2D eigenvalue weighted by Gasteiger charge is -2.04. The monoisotopic (exact) mass is 412 g/mol. The minimum atomic E-state index is 0. The summed E-state index contributed by atoms with van der Waals surface area (Å²) in [5.41, 5.74) is 5.01. The highest BCUT2D eigenvalue weighted by Gasteiger charge is 2.08. The van der Waals surface area contributed by atoms with Crippen molar-refractivity contribution in [2.45, 2.75) is 6.61 Å². The minimum Gasteiger partial charge on any atom is -0.486 e. The number of halogens is 2. The van der Waals surface area contributed by atoms with Gasteiger partial charge in [-0.1, -0.05) is 30.3 Å². The van der Waals surface area contributed by atoms with Crippen LogP contribution in [0.1, 0.15) is 5.82 Å². The number of H-pyrrole nitrogens is 1. The molecule has 5 nitrogen and oxygen atoms in total. The molecule has 0 fully saturated rings. The van der Waals surface area contributed by atoms with E-state index in [1.54, 1.807) is 0 Å². The highest BCUT2D eigenvalue weighted by molar-refractivity contribution is 5.85. The highest BCUT2D eigenvalue weighted by atomic mass is 35.5. The zero-order chi connectivity index (χ0) is 17.3. The first-order valence-corrected chi connectivity index (χ1v) is 8.46. The predicted octanol–water partition coefficient (Wildman–Crippen LogP) is 5.32. The maximum atomic E-state index is 5.77. The maximum Gasteiger partial charge on any atom is 0.146 e. The Labute approximate surface area is 174 Å². The molecule has 0 saturated heterocycles. The van der Waals surface area contributed by atoms with Crippen LogP contribution in [0.2, 0.25) is 0 Å². The van der Waals surface area contributed by atoms with Crippen LogP contribution >= 0.6 is 24.8 Å². The SMILES string of the molecule is Cl.Cl.c1ccc(OCc2nc3ccc(-n4cnc5ccccc54)cc3[nH]2)cc1. The van der Waals surface area contributed by atoms with Gasteiger partial charge in [-0.15, -0.1) is 24.8 Å². The number of benzene rings is 3. The van der Waals surface area contributed by atoms with E-state index in [4.69, 9.17) is 4.74 Å². The molecule has 0 bridgehead atoms. The van der Waals surface area contributed by atoms with Crippen molar-refractivity contribution in [1.82, 2.24) is 19.5 Å². The third-order valence-electron chi connectivity index (χ3n) is 4.36. The molecule has 1 N–H and O–H groups in total. The van der Waals surface area contributed by atoms with E-state index in [0.29, 0.717) is 6.61 Å². The summed E-state index contributed by atoms with van der Waals surface area (Å²) in [7, 11) is 0. The number of aromatic amines is 1. The first-order valence-electron chi connectivity index (χ1n) is 8.46. The van der Waals surface area contributed by atoms with Gasteiger partial charge in [0.15, 0.2) is 0 Å². The molecular weight excluding hydrogens is 395 g/mol. The van der Waals surface area contributed by atoms with Crippen LogP contribution in [-0.4, -0.2) is 19.5 Å². The zero-order valence-electron chi connectivity index (χ0n) is 14.8. The molecule has 0 amide bonds. The van der Waals surface area contributed by atoms with Crippen molar-refractivity contribution in [3.8, 4) is 11.4 Å². The number of fused-ring (bicyclic) bond motifs is 2. The Hall–Kier alpha value is -3.02. The van der Waals surface area contributed by atoms with Crippen molar-refractivity contribution in [2.24, 2.45) is 0 Å². The highest BCUT2D eigenvalue weighted by Crippen LogP contribution is 2.22. The van der Waals surface area contributed by atoms with E-state index >= 15 is 0 Å². The molecule has 0 aliphatic heterocycles. The molecule has 142 valence electrons. The van der Waals surface area contributed by atoms with Crippen LogP contribution in [0.4, 0.5) is 0 Å². The van der Waals surface area contributed by atoms with E-state index in [-0.39, 0.29) is 24.8 Å². The van der Waals surface area contributed by atoms with Crippen LogP contribution in [0, 0.1) is 0 Å². The fourth-order valence-electron chi connectivity index (χ4n) is 3.10. The van der Waals surface area contributed by atoms with Crippen molar-refractivity contribution in [3.05, 3.63) is 84.9 Å². The van der Waals surface area contributed by atoms with Crippen LogP contribution in [0.5, 0.6) is 5.75 Å². The van der Waals surface area contributed by atoms with E-state index in [2.05, 4.69) is 37.7 Å². The standard InChI is InChI=1S/C21H16N4O.2ClH/c1-2-6-16(7-3-1)26-13-21-23-17-11-10-15(12-19(17)24-21)25-14-22-18-8-4-5-9-20(18)25;;/h1-12,14H,13H2,(H,23,24);2*1H. The Kier molecular flexibility index (Phi) is 5.87. The van der Waals surface area contributed by atoms with Gasteiger partial charge < -0.3 is 9.72 Å². The van der Waals surface area contributed by atoms with Gasteiger partial charge in [0.1, 0.15) is 24.5 Å². The van der Waals surface area contributed by atoms with Crippen molar-refractivity contribution in [2.75, 3.05) is 0 Å². The number of aromatic nitrogens is 4. The summed E-state index contributed by atoms with van der Waals surface area (Å²) < 4.78 is 7.85. The molecule has 3 aromatic carbocycles. The smallest absolute Gasteiger partial charge is 0.146 e. The second-order valence-corrected chi connectivity index (χ2v) is 6.09. The number of para-hydroxylation sites is 3. The average molecular weight is 413 g/mol. The van der Waals surface area contributed by atoms with Gasteiger partial charge in [0.25, 0.3) is 0 Å². The van der Waals surface area contributed by atoms with Gasteiger partial charge in [-0.2, -0.15) is 0 Å². The molecule has 2 heterocycles. The lowest BCUT2D eigenvalue weighted by Crippen LogP contribution is -1.96. The quantitative estimate of drug-likeness (QED) is 0.434. The largest absolute Gasteiger partial charge is 0.486 e. The van der Waals surface area contributed by atoms with Crippen molar-refractivity contribution in [3.63, 3.8) is 0 Å². The molecule has 0 unspecified atom stereocenters. The van der Waals surface area contributed by atoms with Crippen LogP contribution in [-0.2, 0) is 6.61 Å². The summed E-state index contributed by atoms with van der Waals surface area (Å²) in [5.74, 6) is 1.63. The topological polar surface area (TPSA) is 55.7 Å². The van der Waals surface area contributed by atoms with Crippen molar-refractivity contribution in [1.29, 1.82) is 0 Å². The molecule has 2 aromatic heterocycles. The molecule has 5 aromatic rings. The molecule has 7 heteroatoms. The molecule has 28 heavy (non-hydrogen) atoms. The van der Waals surface area contributed by atoms with Crippen LogP contribution in [0.25, 0.3) is 27.8 Å². The predicted molar refractivity (Wildman–Crippen MR) is 116 cm³/mol. The first-order chi connectivity index (χ1) is 12.9. The van der Waals surface area contributed by atoms with Gasteiger partial charge in [-0.3, -0.25) is 4.57 Å². The van der Waals surface area contributed by atoms with Crippen molar-refractivity contribution < 1.29 is 4.74 Å². The number of ether oxygens (including phenoxy) is 1. The van der Waals surface area contributed by atoms with E-state index in [1.807, 2.05) is 60.9 Å². The number of imidazole rings is 2. The van der Waals surface area contributed by atoms with Crippen LogP contribution < -0.4 is 4.74 Å². The second-order valence-electron chi connectivity index (χ2n) is 6.09. The summed E-state index contributed by atoms with van der Waals surface area (Å²) in [6, 6.07) is 24.0. The molecule has 0 radical (unpaired) electrons. The first kappa shape index (κ1) is 19.7. The minimum absolute atomic E-state index is 0. The Balaban J connectivity index is 0.00000112. The van der Waals surface area contributed by atoms with E-state index in [9.17, 15) is 0 Å². The third-order valence-corrected chi connectivity index (χ3v) is 4.36. The Morgan fingerprint density at radius 3 is 2.50 bits per heavy atom. The zero-order valence-corrected chi connectivity index (χ0v) is 16.4. The number of hydrogen-bond acceptors (Lipinski definition) is 3. The molecule has 0 saturated carbocycles. The molecule has 0 aliphatic carbocycles. The van der Waals surface area contributed by atoms with Crippen LogP contribution in [0.3, 0.4) is 0 Å². The fraction of sp³-hybridized carbons (Fsp3) is 0.0476. The van der Waals surface area contributed by atoms with Gasteiger partial charge in [0.2, 0.25) is 0 Å². The van der Waals surface area contributed by atoms with E-state index in [0.717, 1.165) is 39.3 Å². The fourth-order valence-corrected chi connectivity index (χ4v) is 3.10. The summed E-state index contributed by atoms with van der Waals surface area (Å²) in [6.07, 6.45) is 1.85. The van der Waals surface area contributed by atoms with Gasteiger partial charge in [-0.25, -0.2) is 9.97 Å². The molecule has 5 rings (SSSR count). The van der Waals surface area contributed by atoms with E-state index < -0.39 is 0 Å². The summed E-state index contributed by atoms with van der Waals surface area (Å²) in [5, 5.41) is 0. The normalized spacial score (nSPS) is 10.4. The second kappa shape index (κ2) is 8.33. The van der Waals surface area contributed by atoms with E-state index in [1.165, 1.54) is 0 Å². The number of rotatable bonds is 4. The maximum absolute atomic E-state index is 5.77. The van der Waals surface area contributed by atoms with Gasteiger partial charge in [0.05, 0.1) is 22.1 Å². The Morgan fingerprint density at radius 2 is 1.64 bits per heavy atom. The Bertz CT molecular complexity index is 1200. The summed E-state index contributed by atoms with van der Waals surface area (Å²) in [6.45, 7) is 0.405. The third kappa shape index (κ3) is 3.67. The number of hydrogen-bond donors (Lipinski definition) is 1. The van der Waals surface area contributed by atoms with Gasteiger partial charge >= 0.3 is 0 Å². The molecule has 0 spiro atoms. The lowest BCUT2D eigenvalue weighted by molar-refractivity contribution is 0.297. The number of nitrogens with one attached hydrogen (secondary N) is 1. The molecule has 0 atom stereocenters. The van der Waals surface area contributed by atoms with Crippen LogP contribution in [0.15, 0.2) is 79.1 Å². The number of nitrogens with zero attached hydrogens (tertiary/aromatic N) is 3. The molecule has 0 aliphatic rings. The lowest BCUT2D eigenvalue weighted by atomic mass is 10.2. The average Bonchev–Trinajstić information content (AvgIpc) is 3.30. The Morgan fingerprint density at radius 1 is 0.857 bits per heavy atom. The summed E-state index contributed by atoms with van der Waals surface area (Å²) >= 11 is 0. The van der Waals surface area contributed by atoms with Crippen molar-refractivity contribution >= 4 is 46.9 Å². The van der Waals surface area contributed by atoms with Gasteiger partial charge in [0, 0.05) is 5.69 Å². The summed E-state index contributed by atoms with van der Waals surface area (Å²) in [4.78, 5) is 12.4. The molecular formula is C21H18Cl2N4O. The van der Waals surface area contributed by atoms with Gasteiger partial charge in [-0.05, 0) is 42.5 Å².